The number of halogens is 2. The fourth-order valence-electron chi connectivity index (χ4n) is 3.31. The van der Waals surface area contributed by atoms with Crippen molar-refractivity contribution in [1.82, 2.24) is 4.90 Å². The monoisotopic (exact) mass is 298 g/mol. The standard InChI is InChI=1S/C16H24ClFN2/c1-2-9-20-10-4-3-6-12(11-19)16(20)15-13(17)7-5-8-14(15)18/h5,7-8,12,16H,2-4,6,9-11,19H2,1H3. The van der Waals surface area contributed by atoms with E-state index in [1.807, 2.05) is 0 Å². The van der Waals surface area contributed by atoms with Crippen LogP contribution in [0, 0.1) is 11.7 Å². The van der Waals surface area contributed by atoms with Gasteiger partial charge in [0.2, 0.25) is 0 Å². The molecule has 0 aliphatic carbocycles. The summed E-state index contributed by atoms with van der Waals surface area (Å²) in [4.78, 5) is 2.37. The summed E-state index contributed by atoms with van der Waals surface area (Å²) in [5.74, 6) is 0.0717. The van der Waals surface area contributed by atoms with Gasteiger partial charge in [-0.2, -0.15) is 0 Å². The van der Waals surface area contributed by atoms with Gasteiger partial charge in [-0.3, -0.25) is 4.90 Å². The highest BCUT2D eigenvalue weighted by Crippen LogP contribution is 2.39. The molecule has 1 fully saturated rings. The Balaban J connectivity index is 2.43. The fraction of sp³-hybridized carbons (Fsp3) is 0.625. The van der Waals surface area contributed by atoms with Crippen LogP contribution in [0.4, 0.5) is 4.39 Å². The molecular formula is C16H24ClFN2. The van der Waals surface area contributed by atoms with E-state index in [0.29, 0.717) is 17.1 Å². The van der Waals surface area contributed by atoms with Crippen molar-refractivity contribution in [2.45, 2.75) is 38.6 Å². The van der Waals surface area contributed by atoms with Gasteiger partial charge in [0.15, 0.2) is 0 Å². The van der Waals surface area contributed by atoms with Crippen LogP contribution in [0.15, 0.2) is 18.2 Å². The average molecular weight is 299 g/mol. The van der Waals surface area contributed by atoms with E-state index in [0.717, 1.165) is 38.8 Å². The van der Waals surface area contributed by atoms with E-state index in [1.54, 1.807) is 12.1 Å². The maximum atomic E-state index is 14.3. The van der Waals surface area contributed by atoms with E-state index >= 15 is 0 Å². The van der Waals surface area contributed by atoms with E-state index in [1.165, 1.54) is 6.07 Å². The molecule has 1 aromatic rings. The van der Waals surface area contributed by atoms with Gasteiger partial charge in [-0.05, 0) is 56.9 Å². The predicted molar refractivity (Wildman–Crippen MR) is 82.4 cm³/mol. The summed E-state index contributed by atoms with van der Waals surface area (Å²) in [5.41, 5.74) is 6.61. The van der Waals surface area contributed by atoms with Crippen molar-refractivity contribution in [3.8, 4) is 0 Å². The molecule has 0 radical (unpaired) electrons. The van der Waals surface area contributed by atoms with Gasteiger partial charge in [0, 0.05) is 16.6 Å². The number of hydrogen-bond acceptors (Lipinski definition) is 2. The molecule has 1 saturated heterocycles. The second-order valence-electron chi connectivity index (χ2n) is 5.61. The molecule has 4 heteroatoms. The third-order valence-electron chi connectivity index (χ3n) is 4.22. The van der Waals surface area contributed by atoms with Crippen LogP contribution in [-0.2, 0) is 0 Å². The molecule has 0 amide bonds. The van der Waals surface area contributed by atoms with E-state index in [-0.39, 0.29) is 17.8 Å². The Morgan fingerprint density at radius 2 is 2.20 bits per heavy atom. The van der Waals surface area contributed by atoms with E-state index in [2.05, 4.69) is 11.8 Å². The lowest BCUT2D eigenvalue weighted by molar-refractivity contribution is 0.155. The number of benzene rings is 1. The molecule has 1 aliphatic rings. The summed E-state index contributed by atoms with van der Waals surface area (Å²) in [5, 5.41) is 0.524. The minimum Gasteiger partial charge on any atom is -0.330 e. The Kier molecular flexibility index (Phi) is 5.82. The molecule has 0 saturated carbocycles. The lowest BCUT2D eigenvalue weighted by Gasteiger charge is -2.35. The van der Waals surface area contributed by atoms with Gasteiger partial charge >= 0.3 is 0 Å². The fourth-order valence-corrected chi connectivity index (χ4v) is 3.59. The van der Waals surface area contributed by atoms with Gasteiger partial charge in [0.1, 0.15) is 5.82 Å². The molecule has 1 aliphatic heterocycles. The molecular weight excluding hydrogens is 275 g/mol. The molecule has 20 heavy (non-hydrogen) atoms. The first-order valence-electron chi connectivity index (χ1n) is 7.57. The van der Waals surface area contributed by atoms with Crippen molar-refractivity contribution >= 4 is 11.6 Å². The zero-order valence-corrected chi connectivity index (χ0v) is 12.9. The van der Waals surface area contributed by atoms with Crippen LogP contribution in [0.25, 0.3) is 0 Å². The zero-order chi connectivity index (χ0) is 14.5. The SMILES string of the molecule is CCCN1CCCCC(CN)C1c1c(F)cccc1Cl. The summed E-state index contributed by atoms with van der Waals surface area (Å²) in [6.45, 7) is 4.70. The number of likely N-dealkylation sites (tertiary alicyclic amines) is 1. The normalized spacial score (nSPS) is 24.6. The summed E-state index contributed by atoms with van der Waals surface area (Å²) in [7, 11) is 0. The van der Waals surface area contributed by atoms with E-state index < -0.39 is 0 Å². The van der Waals surface area contributed by atoms with Crippen LogP contribution < -0.4 is 5.73 Å². The van der Waals surface area contributed by atoms with Gasteiger partial charge < -0.3 is 5.73 Å². The molecule has 2 N–H and O–H groups in total. The number of nitrogens with zero attached hydrogens (tertiary/aromatic N) is 1. The Hall–Kier alpha value is -0.640. The van der Waals surface area contributed by atoms with E-state index in [9.17, 15) is 4.39 Å². The highest BCUT2D eigenvalue weighted by Gasteiger charge is 2.33. The first kappa shape index (κ1) is 15.7. The van der Waals surface area contributed by atoms with Crippen molar-refractivity contribution in [3.63, 3.8) is 0 Å². The third-order valence-corrected chi connectivity index (χ3v) is 4.55. The maximum absolute atomic E-state index is 14.3. The highest BCUT2D eigenvalue weighted by molar-refractivity contribution is 6.31. The summed E-state index contributed by atoms with van der Waals surface area (Å²) < 4.78 is 14.3. The molecule has 1 aromatic carbocycles. The quantitative estimate of drug-likeness (QED) is 0.910. The first-order valence-corrected chi connectivity index (χ1v) is 7.94. The molecule has 2 unspecified atom stereocenters. The smallest absolute Gasteiger partial charge is 0.129 e. The Labute approximate surface area is 126 Å². The topological polar surface area (TPSA) is 29.3 Å². The molecule has 1 heterocycles. The van der Waals surface area contributed by atoms with Crippen LogP contribution >= 0.6 is 11.6 Å². The Morgan fingerprint density at radius 3 is 2.85 bits per heavy atom. The molecule has 2 rings (SSSR count). The molecule has 0 spiro atoms. The van der Waals surface area contributed by atoms with Gasteiger partial charge in [-0.25, -0.2) is 4.39 Å². The summed E-state index contributed by atoms with van der Waals surface area (Å²) >= 11 is 6.30. The lowest BCUT2D eigenvalue weighted by Crippen LogP contribution is -2.37. The van der Waals surface area contributed by atoms with Crippen molar-refractivity contribution in [2.75, 3.05) is 19.6 Å². The average Bonchev–Trinajstić information content (AvgIpc) is 2.62. The van der Waals surface area contributed by atoms with Gasteiger partial charge in [-0.1, -0.05) is 31.0 Å². The number of hydrogen-bond donors (Lipinski definition) is 1. The molecule has 0 aromatic heterocycles. The Morgan fingerprint density at radius 1 is 1.40 bits per heavy atom. The van der Waals surface area contributed by atoms with Gasteiger partial charge in [0.25, 0.3) is 0 Å². The Bertz CT molecular complexity index is 418. The third kappa shape index (κ3) is 3.33. The van der Waals surface area contributed by atoms with Crippen LogP contribution in [-0.4, -0.2) is 24.5 Å². The largest absolute Gasteiger partial charge is 0.330 e. The minimum atomic E-state index is -0.205. The highest BCUT2D eigenvalue weighted by atomic mass is 35.5. The summed E-state index contributed by atoms with van der Waals surface area (Å²) in [6, 6.07) is 4.96. The minimum absolute atomic E-state index is 0.0103. The van der Waals surface area contributed by atoms with Crippen LogP contribution in [0.5, 0.6) is 0 Å². The molecule has 112 valence electrons. The predicted octanol–water partition coefficient (Wildman–Crippen LogP) is 3.99. The van der Waals surface area contributed by atoms with Crippen molar-refractivity contribution in [2.24, 2.45) is 11.7 Å². The second kappa shape index (κ2) is 7.39. The molecule has 2 nitrogen and oxygen atoms in total. The van der Waals surface area contributed by atoms with Crippen LogP contribution in [0.2, 0.25) is 5.02 Å². The second-order valence-corrected chi connectivity index (χ2v) is 6.01. The number of nitrogens with two attached hydrogens (primary N) is 1. The van der Waals surface area contributed by atoms with Crippen LogP contribution in [0.3, 0.4) is 0 Å². The van der Waals surface area contributed by atoms with Crippen LogP contribution in [0.1, 0.15) is 44.2 Å². The summed E-state index contributed by atoms with van der Waals surface area (Å²) in [6.07, 6.45) is 4.41. The van der Waals surface area contributed by atoms with Gasteiger partial charge in [0.05, 0.1) is 0 Å². The molecule has 0 bridgehead atoms. The molecule has 2 atom stereocenters. The first-order chi connectivity index (χ1) is 9.69. The lowest BCUT2D eigenvalue weighted by atomic mass is 9.88. The zero-order valence-electron chi connectivity index (χ0n) is 12.1. The van der Waals surface area contributed by atoms with E-state index in [4.69, 9.17) is 17.3 Å². The van der Waals surface area contributed by atoms with Crippen molar-refractivity contribution in [1.29, 1.82) is 0 Å². The van der Waals surface area contributed by atoms with Crippen molar-refractivity contribution < 1.29 is 4.39 Å². The maximum Gasteiger partial charge on any atom is 0.129 e. The van der Waals surface area contributed by atoms with Gasteiger partial charge in [-0.15, -0.1) is 0 Å². The van der Waals surface area contributed by atoms with Crippen molar-refractivity contribution in [3.05, 3.63) is 34.6 Å². The number of rotatable bonds is 4.